The van der Waals surface area contributed by atoms with Crippen LogP contribution in [0.3, 0.4) is 0 Å². The third-order valence-electron chi connectivity index (χ3n) is 3.11. The highest BCUT2D eigenvalue weighted by Gasteiger charge is 2.12. The van der Waals surface area contributed by atoms with Crippen LogP contribution >= 0.6 is 0 Å². The van der Waals surface area contributed by atoms with Gasteiger partial charge < -0.3 is 14.9 Å². The van der Waals surface area contributed by atoms with Crippen LogP contribution < -0.4 is 4.74 Å². The number of aliphatic hydroxyl groups is 2. The van der Waals surface area contributed by atoms with Crippen molar-refractivity contribution >= 4 is 0 Å². The Hall–Kier alpha value is -1.54. The van der Waals surface area contributed by atoms with Gasteiger partial charge in [-0.3, -0.25) is 4.90 Å². The highest BCUT2D eigenvalue weighted by atomic mass is 16.5. The zero-order chi connectivity index (χ0) is 15.0. The second kappa shape index (κ2) is 8.60. The van der Waals surface area contributed by atoms with Crippen LogP contribution in [-0.2, 0) is 6.54 Å². The van der Waals surface area contributed by atoms with E-state index in [-0.39, 0.29) is 13.2 Å². The van der Waals surface area contributed by atoms with Crippen molar-refractivity contribution in [2.45, 2.75) is 26.4 Å². The van der Waals surface area contributed by atoms with E-state index in [1.54, 1.807) is 7.11 Å². The van der Waals surface area contributed by atoms with Crippen LogP contribution in [0.1, 0.15) is 25.0 Å². The van der Waals surface area contributed by atoms with Gasteiger partial charge in [0.05, 0.1) is 13.7 Å². The maximum absolute atomic E-state index is 9.15. The first kappa shape index (κ1) is 16.5. The average molecular weight is 277 g/mol. The maximum Gasteiger partial charge on any atom is 0.119 e. The van der Waals surface area contributed by atoms with Gasteiger partial charge in [0.25, 0.3) is 0 Å². The molecule has 1 rings (SSSR count). The number of hydrogen-bond acceptors (Lipinski definition) is 4. The Bertz CT molecular complexity index is 474. The Balaban J connectivity index is 3.05. The van der Waals surface area contributed by atoms with Crippen LogP contribution in [0, 0.1) is 11.8 Å². The largest absolute Gasteiger partial charge is 0.497 e. The van der Waals surface area contributed by atoms with E-state index >= 15 is 0 Å². The molecule has 110 valence electrons. The summed E-state index contributed by atoms with van der Waals surface area (Å²) in [5, 5.41) is 18.0. The van der Waals surface area contributed by atoms with Crippen molar-refractivity contribution in [1.29, 1.82) is 0 Å². The van der Waals surface area contributed by atoms with Gasteiger partial charge in [-0.05, 0) is 37.6 Å². The summed E-state index contributed by atoms with van der Waals surface area (Å²) in [5.41, 5.74) is 1.91. The van der Waals surface area contributed by atoms with Crippen molar-refractivity contribution in [3.05, 3.63) is 29.3 Å². The van der Waals surface area contributed by atoms with Crippen molar-refractivity contribution in [2.24, 2.45) is 0 Å². The minimum atomic E-state index is -0.157. The number of methoxy groups -OCH3 is 1. The van der Waals surface area contributed by atoms with Gasteiger partial charge in [-0.1, -0.05) is 11.8 Å². The molecule has 1 aromatic rings. The number of aliphatic hydroxyl groups excluding tert-OH is 2. The van der Waals surface area contributed by atoms with E-state index < -0.39 is 0 Å². The van der Waals surface area contributed by atoms with E-state index in [0.717, 1.165) is 16.9 Å². The molecular weight excluding hydrogens is 254 g/mol. The lowest BCUT2D eigenvalue weighted by atomic mass is 10.1. The number of hydrogen-bond donors (Lipinski definition) is 2. The zero-order valence-corrected chi connectivity index (χ0v) is 12.4. The van der Waals surface area contributed by atoms with Crippen molar-refractivity contribution in [3.63, 3.8) is 0 Å². The highest BCUT2D eigenvalue weighted by molar-refractivity contribution is 5.45. The van der Waals surface area contributed by atoms with Gasteiger partial charge in [0.2, 0.25) is 0 Å². The van der Waals surface area contributed by atoms with Gasteiger partial charge in [-0.25, -0.2) is 0 Å². The molecule has 0 atom stereocenters. The number of benzene rings is 1. The third kappa shape index (κ3) is 4.86. The highest BCUT2D eigenvalue weighted by Crippen LogP contribution is 2.19. The molecule has 0 aliphatic rings. The Kier molecular flexibility index (Phi) is 7.10. The van der Waals surface area contributed by atoms with Crippen LogP contribution in [0.25, 0.3) is 0 Å². The number of rotatable bonds is 6. The smallest absolute Gasteiger partial charge is 0.119 e. The fourth-order valence-corrected chi connectivity index (χ4v) is 1.95. The molecule has 4 heteroatoms. The van der Waals surface area contributed by atoms with Gasteiger partial charge in [0.15, 0.2) is 0 Å². The first-order valence-corrected chi connectivity index (χ1v) is 6.74. The summed E-state index contributed by atoms with van der Waals surface area (Å²) in [5.74, 6) is 6.41. The second-order valence-corrected chi connectivity index (χ2v) is 4.77. The molecule has 0 amide bonds. The third-order valence-corrected chi connectivity index (χ3v) is 3.11. The Morgan fingerprint density at radius 1 is 1.30 bits per heavy atom. The summed E-state index contributed by atoms with van der Waals surface area (Å²) in [7, 11) is 1.63. The van der Waals surface area contributed by atoms with Crippen molar-refractivity contribution in [2.75, 3.05) is 26.9 Å². The number of nitrogens with zero attached hydrogens (tertiary/aromatic N) is 1. The Morgan fingerprint density at radius 2 is 2.05 bits per heavy atom. The zero-order valence-electron chi connectivity index (χ0n) is 12.4. The molecule has 0 saturated heterocycles. The number of ether oxygens (including phenoxy) is 1. The standard InChI is InChI=1S/C16H23NO3/c1-13(2)17(8-10-19)12-15-11-16(20-3)7-6-14(15)5-4-9-18/h6-7,11,13,18-19H,8-10,12H2,1-3H3. The van der Waals surface area contributed by atoms with Crippen molar-refractivity contribution in [1.82, 2.24) is 4.90 Å². The minimum Gasteiger partial charge on any atom is -0.497 e. The summed E-state index contributed by atoms with van der Waals surface area (Å²) in [6.45, 7) is 5.45. The van der Waals surface area contributed by atoms with Crippen LogP contribution in [0.4, 0.5) is 0 Å². The fraction of sp³-hybridized carbons (Fsp3) is 0.500. The predicted molar refractivity (Wildman–Crippen MR) is 79.6 cm³/mol. The molecule has 0 aliphatic heterocycles. The van der Waals surface area contributed by atoms with Gasteiger partial charge in [0, 0.05) is 24.7 Å². The molecule has 0 aliphatic carbocycles. The normalized spacial score (nSPS) is 10.6. The van der Waals surface area contributed by atoms with E-state index in [0.29, 0.717) is 19.1 Å². The van der Waals surface area contributed by atoms with Crippen molar-refractivity contribution in [3.8, 4) is 17.6 Å². The quantitative estimate of drug-likeness (QED) is 0.768. The van der Waals surface area contributed by atoms with Crippen LogP contribution in [0.5, 0.6) is 5.75 Å². The molecule has 2 N–H and O–H groups in total. The lowest BCUT2D eigenvalue weighted by Crippen LogP contribution is -2.33. The summed E-state index contributed by atoms with van der Waals surface area (Å²) in [4.78, 5) is 2.17. The molecule has 0 saturated carbocycles. The molecule has 0 aromatic heterocycles. The molecule has 0 fully saturated rings. The van der Waals surface area contributed by atoms with Gasteiger partial charge in [-0.15, -0.1) is 0 Å². The SMILES string of the molecule is COc1ccc(C#CCO)c(CN(CCO)C(C)C)c1. The second-order valence-electron chi connectivity index (χ2n) is 4.77. The van der Waals surface area contributed by atoms with Gasteiger partial charge in [-0.2, -0.15) is 0 Å². The monoisotopic (exact) mass is 277 g/mol. The molecule has 0 heterocycles. The fourth-order valence-electron chi connectivity index (χ4n) is 1.95. The maximum atomic E-state index is 9.15. The minimum absolute atomic E-state index is 0.125. The molecule has 0 bridgehead atoms. The van der Waals surface area contributed by atoms with Crippen LogP contribution in [0.2, 0.25) is 0 Å². The Morgan fingerprint density at radius 3 is 2.60 bits per heavy atom. The average Bonchev–Trinajstić information content (AvgIpc) is 2.45. The molecule has 1 aromatic carbocycles. The summed E-state index contributed by atoms with van der Waals surface area (Å²) in [6.07, 6.45) is 0. The predicted octanol–water partition coefficient (Wildman–Crippen LogP) is 1.24. The van der Waals surface area contributed by atoms with E-state index in [2.05, 4.69) is 30.6 Å². The first-order chi connectivity index (χ1) is 9.62. The Labute approximate surface area is 121 Å². The summed E-state index contributed by atoms with van der Waals surface area (Å²) >= 11 is 0. The van der Waals surface area contributed by atoms with E-state index in [1.165, 1.54) is 0 Å². The van der Waals surface area contributed by atoms with E-state index in [9.17, 15) is 0 Å². The van der Waals surface area contributed by atoms with Gasteiger partial charge in [0.1, 0.15) is 12.4 Å². The molecule has 0 radical (unpaired) electrons. The topological polar surface area (TPSA) is 52.9 Å². The lowest BCUT2D eigenvalue weighted by molar-refractivity contribution is 0.159. The molecular formula is C16H23NO3. The molecule has 4 nitrogen and oxygen atoms in total. The van der Waals surface area contributed by atoms with Gasteiger partial charge >= 0.3 is 0 Å². The molecule has 20 heavy (non-hydrogen) atoms. The first-order valence-electron chi connectivity index (χ1n) is 6.74. The molecule has 0 spiro atoms. The van der Waals surface area contributed by atoms with Crippen LogP contribution in [0.15, 0.2) is 18.2 Å². The lowest BCUT2D eigenvalue weighted by Gasteiger charge is -2.26. The van der Waals surface area contributed by atoms with E-state index in [4.69, 9.17) is 14.9 Å². The molecule has 0 unspecified atom stereocenters. The van der Waals surface area contributed by atoms with E-state index in [1.807, 2.05) is 18.2 Å². The summed E-state index contributed by atoms with van der Waals surface area (Å²) in [6, 6.07) is 6.03. The van der Waals surface area contributed by atoms with Crippen LogP contribution in [-0.4, -0.2) is 48.0 Å². The summed E-state index contributed by atoms with van der Waals surface area (Å²) < 4.78 is 5.25. The van der Waals surface area contributed by atoms with Crippen molar-refractivity contribution < 1.29 is 14.9 Å².